The van der Waals surface area contributed by atoms with Crippen molar-refractivity contribution in [2.24, 2.45) is 0 Å². The van der Waals surface area contributed by atoms with Gasteiger partial charge in [-0.05, 0) is 30.3 Å². The smallest absolute Gasteiger partial charge is 0.224 e. The first-order chi connectivity index (χ1) is 14.7. The molecule has 156 valence electrons. The molecule has 0 radical (unpaired) electrons. The average Bonchev–Trinajstić information content (AvgIpc) is 3.24. The van der Waals surface area contributed by atoms with Gasteiger partial charge in [-0.3, -0.25) is 9.69 Å². The summed E-state index contributed by atoms with van der Waals surface area (Å²) < 4.78 is 1.80. The molecule has 0 saturated carbocycles. The first-order valence-electron chi connectivity index (χ1n) is 10.5. The minimum Gasteiger partial charge on any atom is -0.355 e. The molecule has 1 saturated heterocycles. The molecule has 0 unspecified atom stereocenters. The van der Waals surface area contributed by atoms with E-state index in [1.54, 1.807) is 10.9 Å². The van der Waals surface area contributed by atoms with Gasteiger partial charge in [-0.15, -0.1) is 0 Å². The second-order valence-corrected chi connectivity index (χ2v) is 7.88. The number of piperazine rings is 1. The quantitative estimate of drug-likeness (QED) is 0.659. The molecule has 2 heterocycles. The third kappa shape index (κ3) is 5.14. The molecule has 1 aliphatic heterocycles. The molecule has 6 heteroatoms. The van der Waals surface area contributed by atoms with Crippen LogP contribution in [0.2, 0.25) is 0 Å². The van der Waals surface area contributed by atoms with E-state index in [0.29, 0.717) is 19.0 Å². The van der Waals surface area contributed by atoms with Gasteiger partial charge in [-0.25, -0.2) is 4.68 Å². The molecule has 0 aliphatic carbocycles. The summed E-state index contributed by atoms with van der Waals surface area (Å²) in [7, 11) is 2.17. The van der Waals surface area contributed by atoms with E-state index in [-0.39, 0.29) is 5.91 Å². The highest BCUT2D eigenvalue weighted by Gasteiger charge is 2.26. The maximum Gasteiger partial charge on any atom is 0.224 e. The zero-order valence-electron chi connectivity index (χ0n) is 17.4. The standard InChI is InChI=1S/C24H29N5O/c1-27-14-15-28(23(19-27)21-8-4-2-5-9-21)13-12-25-24(30)16-20-17-26-29(18-20)22-10-6-3-7-11-22/h2-11,17-18,23H,12-16,19H2,1H3,(H,25,30)/t23-/m0/s1. The Balaban J connectivity index is 1.28. The number of rotatable bonds is 7. The van der Waals surface area contributed by atoms with Crippen LogP contribution in [0.25, 0.3) is 5.69 Å². The maximum atomic E-state index is 12.4. The molecule has 30 heavy (non-hydrogen) atoms. The Morgan fingerprint density at radius 2 is 1.80 bits per heavy atom. The van der Waals surface area contributed by atoms with Gasteiger partial charge in [-0.2, -0.15) is 5.10 Å². The molecular formula is C24H29N5O. The lowest BCUT2D eigenvalue weighted by Crippen LogP contribution is -2.49. The van der Waals surface area contributed by atoms with Gasteiger partial charge < -0.3 is 10.2 Å². The van der Waals surface area contributed by atoms with Gasteiger partial charge in [0.1, 0.15) is 0 Å². The van der Waals surface area contributed by atoms with Crippen LogP contribution in [0.3, 0.4) is 0 Å². The van der Waals surface area contributed by atoms with Crippen LogP contribution in [0.15, 0.2) is 73.1 Å². The topological polar surface area (TPSA) is 53.4 Å². The minimum atomic E-state index is 0.0352. The number of aromatic nitrogens is 2. The molecule has 2 aromatic carbocycles. The number of para-hydroxylation sites is 1. The number of benzene rings is 2. The van der Waals surface area contributed by atoms with Crippen molar-refractivity contribution in [1.29, 1.82) is 0 Å². The Hall–Kier alpha value is -2.96. The van der Waals surface area contributed by atoms with Crippen LogP contribution >= 0.6 is 0 Å². The van der Waals surface area contributed by atoms with Crippen LogP contribution in [0, 0.1) is 0 Å². The number of hydrogen-bond donors (Lipinski definition) is 1. The molecular weight excluding hydrogens is 374 g/mol. The number of hydrogen-bond acceptors (Lipinski definition) is 4. The summed E-state index contributed by atoms with van der Waals surface area (Å²) in [4.78, 5) is 17.3. The van der Waals surface area contributed by atoms with Gasteiger partial charge >= 0.3 is 0 Å². The number of carbonyl (C=O) groups is 1. The fraction of sp³-hybridized carbons (Fsp3) is 0.333. The van der Waals surface area contributed by atoms with Gasteiger partial charge in [0.15, 0.2) is 0 Å². The number of nitrogens with one attached hydrogen (secondary N) is 1. The van der Waals surface area contributed by atoms with Crippen LogP contribution in [-0.4, -0.2) is 65.3 Å². The molecule has 1 N–H and O–H groups in total. The van der Waals surface area contributed by atoms with Crippen LogP contribution < -0.4 is 5.32 Å². The lowest BCUT2D eigenvalue weighted by Gasteiger charge is -2.40. The molecule has 1 aromatic heterocycles. The van der Waals surface area contributed by atoms with Crippen LogP contribution in [0.4, 0.5) is 0 Å². The van der Waals surface area contributed by atoms with Crippen molar-refractivity contribution in [2.75, 3.05) is 39.8 Å². The van der Waals surface area contributed by atoms with Crippen molar-refractivity contribution in [1.82, 2.24) is 24.9 Å². The normalized spacial score (nSPS) is 17.7. The lowest BCUT2D eigenvalue weighted by atomic mass is 10.0. The molecule has 3 aromatic rings. The second kappa shape index (κ2) is 9.69. The molecule has 0 spiro atoms. The third-order valence-corrected chi connectivity index (χ3v) is 5.62. The van der Waals surface area contributed by atoms with Crippen molar-refractivity contribution in [3.8, 4) is 5.69 Å². The first-order valence-corrected chi connectivity index (χ1v) is 10.5. The second-order valence-electron chi connectivity index (χ2n) is 7.88. The zero-order valence-corrected chi connectivity index (χ0v) is 17.4. The summed E-state index contributed by atoms with van der Waals surface area (Å²) in [6.07, 6.45) is 4.02. The highest BCUT2D eigenvalue weighted by Crippen LogP contribution is 2.24. The SMILES string of the molecule is CN1CCN(CCNC(=O)Cc2cnn(-c3ccccc3)c2)[C@H](c2ccccc2)C1. The summed E-state index contributed by atoms with van der Waals surface area (Å²) in [5.41, 5.74) is 3.24. The number of carbonyl (C=O) groups excluding carboxylic acids is 1. The third-order valence-electron chi connectivity index (χ3n) is 5.62. The first kappa shape index (κ1) is 20.3. The molecule has 1 amide bonds. The van der Waals surface area contributed by atoms with E-state index in [4.69, 9.17) is 0 Å². The van der Waals surface area contributed by atoms with Crippen LogP contribution in [0.1, 0.15) is 17.2 Å². The van der Waals surface area contributed by atoms with Crippen molar-refractivity contribution in [3.63, 3.8) is 0 Å². The van der Waals surface area contributed by atoms with Crippen molar-refractivity contribution in [2.45, 2.75) is 12.5 Å². The monoisotopic (exact) mass is 403 g/mol. The van der Waals surface area contributed by atoms with E-state index in [9.17, 15) is 4.79 Å². The summed E-state index contributed by atoms with van der Waals surface area (Å²) in [5, 5.41) is 7.45. The maximum absolute atomic E-state index is 12.4. The van der Waals surface area contributed by atoms with E-state index in [2.05, 4.69) is 57.6 Å². The highest BCUT2D eigenvalue weighted by molar-refractivity contribution is 5.78. The van der Waals surface area contributed by atoms with Crippen molar-refractivity contribution < 1.29 is 4.79 Å². The Morgan fingerprint density at radius 1 is 1.07 bits per heavy atom. The lowest BCUT2D eigenvalue weighted by molar-refractivity contribution is -0.120. The zero-order chi connectivity index (χ0) is 20.8. The molecule has 1 atom stereocenters. The molecule has 1 fully saturated rings. The van der Waals surface area contributed by atoms with E-state index >= 15 is 0 Å². The predicted molar refractivity (Wildman–Crippen MR) is 119 cm³/mol. The summed E-state index contributed by atoms with van der Waals surface area (Å²) >= 11 is 0. The summed E-state index contributed by atoms with van der Waals surface area (Å²) in [6, 6.07) is 20.9. The van der Waals surface area contributed by atoms with Crippen molar-refractivity contribution in [3.05, 3.63) is 84.2 Å². The van der Waals surface area contributed by atoms with E-state index < -0.39 is 0 Å². The Labute approximate surface area is 178 Å². The van der Waals surface area contributed by atoms with E-state index in [1.165, 1.54) is 5.56 Å². The van der Waals surface area contributed by atoms with E-state index in [1.807, 2.05) is 36.5 Å². The fourth-order valence-electron chi connectivity index (χ4n) is 3.98. The van der Waals surface area contributed by atoms with Gasteiger partial charge in [0, 0.05) is 45.0 Å². The Morgan fingerprint density at radius 3 is 2.57 bits per heavy atom. The van der Waals surface area contributed by atoms with Crippen LogP contribution in [-0.2, 0) is 11.2 Å². The number of likely N-dealkylation sites (N-methyl/N-ethyl adjacent to an activating group) is 1. The van der Waals surface area contributed by atoms with E-state index in [0.717, 1.165) is 37.4 Å². The van der Waals surface area contributed by atoms with Gasteiger partial charge in [0.05, 0.1) is 18.3 Å². The molecule has 6 nitrogen and oxygen atoms in total. The molecule has 0 bridgehead atoms. The number of nitrogens with zero attached hydrogens (tertiary/aromatic N) is 4. The van der Waals surface area contributed by atoms with Gasteiger partial charge in [0.25, 0.3) is 0 Å². The Kier molecular flexibility index (Phi) is 6.57. The summed E-state index contributed by atoms with van der Waals surface area (Å²) in [5.74, 6) is 0.0352. The largest absolute Gasteiger partial charge is 0.355 e. The molecule has 1 aliphatic rings. The predicted octanol–water partition coefficient (Wildman–Crippen LogP) is 2.52. The van der Waals surface area contributed by atoms with Crippen LogP contribution in [0.5, 0.6) is 0 Å². The van der Waals surface area contributed by atoms with Gasteiger partial charge in [-0.1, -0.05) is 48.5 Å². The van der Waals surface area contributed by atoms with Crippen molar-refractivity contribution >= 4 is 5.91 Å². The molecule has 4 rings (SSSR count). The fourth-order valence-corrected chi connectivity index (χ4v) is 3.98. The number of amides is 1. The minimum absolute atomic E-state index is 0.0352. The highest BCUT2D eigenvalue weighted by atomic mass is 16.1. The Bertz CT molecular complexity index is 940. The summed E-state index contributed by atoms with van der Waals surface area (Å²) in [6.45, 7) is 4.57. The average molecular weight is 404 g/mol. The van der Waals surface area contributed by atoms with Gasteiger partial charge in [0.2, 0.25) is 5.91 Å².